The zero-order chi connectivity index (χ0) is 19.6. The third-order valence-corrected chi connectivity index (χ3v) is 4.98. The van der Waals surface area contributed by atoms with Crippen molar-refractivity contribution in [2.45, 2.75) is 33.4 Å². The van der Waals surface area contributed by atoms with Gasteiger partial charge in [0.15, 0.2) is 0 Å². The van der Waals surface area contributed by atoms with Gasteiger partial charge in [0.1, 0.15) is 5.65 Å². The number of rotatable bonds is 6. The Morgan fingerprint density at radius 3 is 2.59 bits per heavy atom. The summed E-state index contributed by atoms with van der Waals surface area (Å²) in [5.74, 6) is 0.457. The second-order valence-electron chi connectivity index (χ2n) is 7.47. The smallest absolute Gasteiger partial charge is 0.252 e. The maximum atomic E-state index is 12.4. The van der Waals surface area contributed by atoms with Gasteiger partial charge in [-0.1, -0.05) is 41.9 Å². The molecule has 0 spiro atoms. The highest BCUT2D eigenvalue weighted by Gasteiger charge is 2.20. The third-order valence-electron chi connectivity index (χ3n) is 4.45. The molecule has 6 nitrogen and oxygen atoms in total. The molecule has 1 aromatic carbocycles. The van der Waals surface area contributed by atoms with Crippen LogP contribution >= 0.6 is 15.9 Å². The van der Waals surface area contributed by atoms with E-state index in [4.69, 9.17) is 0 Å². The molecule has 0 saturated carbocycles. The molecule has 3 rings (SSSR count). The summed E-state index contributed by atoms with van der Waals surface area (Å²) >= 11 is 3.44. The summed E-state index contributed by atoms with van der Waals surface area (Å²) in [5.41, 5.74) is 1.09. The van der Waals surface area contributed by atoms with Gasteiger partial charge in [-0.3, -0.25) is 9.36 Å². The van der Waals surface area contributed by atoms with E-state index in [-0.39, 0.29) is 18.2 Å². The molecule has 3 aromatic rings. The summed E-state index contributed by atoms with van der Waals surface area (Å²) < 4.78 is 2.62. The normalized spacial score (nSPS) is 12.9. The van der Waals surface area contributed by atoms with Crippen LogP contribution in [0.4, 0.5) is 5.95 Å². The summed E-state index contributed by atoms with van der Waals surface area (Å²) in [7, 11) is 0. The predicted octanol–water partition coefficient (Wildman–Crippen LogP) is 3.75. The van der Waals surface area contributed by atoms with Crippen molar-refractivity contribution in [1.82, 2.24) is 14.5 Å². The van der Waals surface area contributed by atoms with Crippen LogP contribution in [0.1, 0.15) is 32.4 Å². The molecule has 0 fully saturated rings. The minimum atomic E-state index is -0.429. The second-order valence-corrected chi connectivity index (χ2v) is 8.39. The fourth-order valence-corrected chi connectivity index (χ4v) is 3.06. The van der Waals surface area contributed by atoms with Crippen LogP contribution in [0.25, 0.3) is 11.0 Å². The number of hydrogen-bond acceptors (Lipinski definition) is 5. The van der Waals surface area contributed by atoms with Gasteiger partial charge in [-0.25, -0.2) is 4.98 Å². The lowest BCUT2D eigenvalue weighted by Gasteiger charge is -2.23. The van der Waals surface area contributed by atoms with Crippen molar-refractivity contribution in [3.8, 4) is 0 Å². The minimum absolute atomic E-state index is 0.00770. The molecule has 2 N–H and O–H groups in total. The van der Waals surface area contributed by atoms with Crippen molar-refractivity contribution in [3.63, 3.8) is 0 Å². The minimum Gasteiger partial charge on any atom is -0.396 e. The van der Waals surface area contributed by atoms with E-state index < -0.39 is 5.41 Å². The van der Waals surface area contributed by atoms with Crippen LogP contribution < -0.4 is 10.9 Å². The monoisotopic (exact) mass is 430 g/mol. The molecule has 27 heavy (non-hydrogen) atoms. The molecule has 142 valence electrons. The highest BCUT2D eigenvalue weighted by atomic mass is 79.9. The number of halogens is 1. The van der Waals surface area contributed by atoms with E-state index in [0.717, 1.165) is 15.4 Å². The van der Waals surface area contributed by atoms with Gasteiger partial charge in [0.2, 0.25) is 5.95 Å². The summed E-state index contributed by atoms with van der Waals surface area (Å²) in [5, 5.41) is 13.6. The molecular weight excluding hydrogens is 408 g/mol. The number of benzene rings is 1. The van der Waals surface area contributed by atoms with E-state index in [1.807, 2.05) is 45.0 Å². The van der Waals surface area contributed by atoms with Crippen LogP contribution in [0.5, 0.6) is 0 Å². The van der Waals surface area contributed by atoms with Gasteiger partial charge in [0.25, 0.3) is 5.56 Å². The van der Waals surface area contributed by atoms with Crippen molar-refractivity contribution in [2.75, 3.05) is 11.9 Å². The second kappa shape index (κ2) is 7.78. The lowest BCUT2D eigenvalue weighted by Crippen LogP contribution is -2.31. The molecule has 1 atom stereocenters. The number of nitrogens with zero attached hydrogens (tertiary/aromatic N) is 3. The van der Waals surface area contributed by atoms with Crippen molar-refractivity contribution in [3.05, 3.63) is 63.0 Å². The number of aliphatic hydroxyl groups excluding tert-OH is 1. The Balaban J connectivity index is 1.96. The molecule has 2 heterocycles. The van der Waals surface area contributed by atoms with E-state index in [9.17, 15) is 9.90 Å². The van der Waals surface area contributed by atoms with Gasteiger partial charge < -0.3 is 10.4 Å². The van der Waals surface area contributed by atoms with Gasteiger partial charge in [-0.2, -0.15) is 4.98 Å². The van der Waals surface area contributed by atoms with Gasteiger partial charge in [-0.15, -0.1) is 0 Å². The maximum Gasteiger partial charge on any atom is 0.252 e. The number of fused-ring (bicyclic) bond motifs is 1. The molecule has 1 unspecified atom stereocenters. The molecule has 0 radical (unpaired) electrons. The van der Waals surface area contributed by atoms with Gasteiger partial charge in [0.05, 0.1) is 6.04 Å². The van der Waals surface area contributed by atoms with Gasteiger partial charge >= 0.3 is 0 Å². The van der Waals surface area contributed by atoms with E-state index >= 15 is 0 Å². The average molecular weight is 431 g/mol. The molecule has 0 saturated heterocycles. The molecule has 0 aliphatic rings. The van der Waals surface area contributed by atoms with Gasteiger partial charge in [-0.05, 0) is 30.7 Å². The number of hydrogen-bond donors (Lipinski definition) is 2. The molecule has 0 aliphatic heterocycles. The Labute approximate surface area is 166 Å². The predicted molar refractivity (Wildman–Crippen MR) is 111 cm³/mol. The molecule has 0 amide bonds. The number of aromatic nitrogens is 3. The van der Waals surface area contributed by atoms with E-state index in [2.05, 4.69) is 31.2 Å². The van der Waals surface area contributed by atoms with E-state index in [0.29, 0.717) is 18.1 Å². The van der Waals surface area contributed by atoms with Gasteiger partial charge in [0, 0.05) is 40.7 Å². The molecular formula is C20H23BrN4O2. The van der Waals surface area contributed by atoms with Crippen LogP contribution in [0, 0.1) is 5.41 Å². The van der Waals surface area contributed by atoms with Crippen LogP contribution in [0.15, 0.2) is 51.9 Å². The van der Waals surface area contributed by atoms with Crippen molar-refractivity contribution < 1.29 is 5.11 Å². The van der Waals surface area contributed by atoms with Crippen LogP contribution in [0.3, 0.4) is 0 Å². The maximum absolute atomic E-state index is 12.4. The van der Waals surface area contributed by atoms with Crippen molar-refractivity contribution in [1.29, 1.82) is 0 Å². The lowest BCUT2D eigenvalue weighted by atomic mass is 9.95. The van der Waals surface area contributed by atoms with Crippen LogP contribution in [0.2, 0.25) is 0 Å². The van der Waals surface area contributed by atoms with Crippen molar-refractivity contribution in [2.24, 2.45) is 5.41 Å². The fraction of sp³-hybridized carbons (Fsp3) is 0.350. The molecule has 0 bridgehead atoms. The zero-order valence-electron chi connectivity index (χ0n) is 15.6. The Morgan fingerprint density at radius 2 is 1.93 bits per heavy atom. The fourth-order valence-electron chi connectivity index (χ4n) is 2.80. The highest BCUT2D eigenvalue weighted by molar-refractivity contribution is 9.10. The lowest BCUT2D eigenvalue weighted by molar-refractivity contribution is 0.141. The Morgan fingerprint density at radius 1 is 1.22 bits per heavy atom. The molecule has 7 heteroatoms. The largest absolute Gasteiger partial charge is 0.396 e. The van der Waals surface area contributed by atoms with E-state index in [1.165, 1.54) is 6.07 Å². The SMILES string of the molecule is CC(Nc1ncc2ccc(=O)n(CC(C)(C)CO)c2n1)c1ccc(Br)cc1. The van der Waals surface area contributed by atoms with Crippen LogP contribution in [-0.2, 0) is 6.54 Å². The van der Waals surface area contributed by atoms with Crippen molar-refractivity contribution >= 4 is 32.9 Å². The summed E-state index contributed by atoms with van der Waals surface area (Å²) in [6.07, 6.45) is 1.71. The topological polar surface area (TPSA) is 80.0 Å². The Bertz CT molecular complexity index is 999. The third kappa shape index (κ3) is 4.54. The zero-order valence-corrected chi connectivity index (χ0v) is 17.2. The summed E-state index contributed by atoms with van der Waals surface area (Å²) in [4.78, 5) is 21.4. The van der Waals surface area contributed by atoms with Crippen LogP contribution in [-0.4, -0.2) is 26.2 Å². The number of pyridine rings is 1. The summed E-state index contributed by atoms with van der Waals surface area (Å²) in [6.45, 7) is 6.21. The Kier molecular flexibility index (Phi) is 5.62. The first-order valence-corrected chi connectivity index (χ1v) is 9.58. The number of anilines is 1. The van der Waals surface area contributed by atoms with E-state index in [1.54, 1.807) is 16.8 Å². The standard InChI is InChI=1S/C20H23BrN4O2/c1-13(14-4-7-16(21)8-5-14)23-19-22-10-15-6-9-17(27)25(18(15)24-19)11-20(2,3)12-26/h4-10,13,26H,11-12H2,1-3H3,(H,22,23,24). The quantitative estimate of drug-likeness (QED) is 0.622. The first-order chi connectivity index (χ1) is 12.8. The molecule has 0 aliphatic carbocycles. The summed E-state index contributed by atoms with van der Waals surface area (Å²) in [6, 6.07) is 11.3. The number of aliphatic hydroxyl groups is 1. The highest BCUT2D eigenvalue weighted by Crippen LogP contribution is 2.22. The molecule has 2 aromatic heterocycles. The first kappa shape index (κ1) is 19.5. The average Bonchev–Trinajstić information content (AvgIpc) is 2.64. The number of nitrogens with one attached hydrogen (secondary N) is 1. The first-order valence-electron chi connectivity index (χ1n) is 8.78. The Hall–Kier alpha value is -2.25.